The lowest BCUT2D eigenvalue weighted by Crippen LogP contribution is -2.45. The number of halogens is 4. The van der Waals surface area contributed by atoms with Crippen LogP contribution in [-0.4, -0.2) is 29.7 Å². The average molecular weight is 536 g/mol. The van der Waals surface area contributed by atoms with Crippen LogP contribution in [0.25, 0.3) is 11.5 Å². The number of hydrogen-bond donors (Lipinski definition) is 2. The molecule has 0 spiro atoms. The Labute approximate surface area is 192 Å². The van der Waals surface area contributed by atoms with Gasteiger partial charge in [0, 0.05) is 18.2 Å². The highest BCUT2D eigenvalue weighted by Crippen LogP contribution is 2.37. The number of oxazole rings is 1. The third-order valence-electron chi connectivity index (χ3n) is 5.12. The summed E-state index contributed by atoms with van der Waals surface area (Å²) in [7, 11) is 0. The van der Waals surface area contributed by atoms with E-state index in [1.807, 2.05) is 38.1 Å². The smallest absolute Gasteiger partial charge is 0.391 e. The van der Waals surface area contributed by atoms with E-state index >= 15 is 0 Å². The predicted octanol–water partition coefficient (Wildman–Crippen LogP) is 5.44. The molecular weight excluding hydrogens is 508 g/mol. The Kier molecular flexibility index (Phi) is 8.99. The summed E-state index contributed by atoms with van der Waals surface area (Å²) in [6.45, 7) is 4.95. The molecule has 1 aromatic heterocycles. The molecule has 0 aliphatic heterocycles. The highest BCUT2D eigenvalue weighted by molar-refractivity contribution is 14.0. The van der Waals surface area contributed by atoms with Crippen molar-refractivity contribution in [2.24, 2.45) is 10.9 Å². The minimum Gasteiger partial charge on any atom is -0.444 e. The van der Waals surface area contributed by atoms with Gasteiger partial charge in [0.25, 0.3) is 0 Å². The van der Waals surface area contributed by atoms with Crippen LogP contribution >= 0.6 is 24.0 Å². The molecule has 0 atom stereocenters. The molecule has 9 heteroatoms. The van der Waals surface area contributed by atoms with Crippen LogP contribution in [-0.2, 0) is 6.54 Å². The molecule has 5 nitrogen and oxygen atoms in total. The number of nitrogens with one attached hydrogen (secondary N) is 2. The molecule has 0 unspecified atom stereocenters. The molecule has 1 aliphatic rings. The van der Waals surface area contributed by atoms with Crippen molar-refractivity contribution in [2.45, 2.75) is 58.3 Å². The Morgan fingerprint density at radius 2 is 1.83 bits per heavy atom. The Bertz CT molecular complexity index is 812. The first-order valence-corrected chi connectivity index (χ1v) is 9.98. The summed E-state index contributed by atoms with van der Waals surface area (Å²) in [5.41, 5.74) is 2.76. The summed E-state index contributed by atoms with van der Waals surface area (Å²) in [5, 5.41) is 6.40. The van der Waals surface area contributed by atoms with Crippen molar-refractivity contribution in [1.82, 2.24) is 15.6 Å². The quantitative estimate of drug-likeness (QED) is 0.304. The van der Waals surface area contributed by atoms with Crippen molar-refractivity contribution in [2.75, 3.05) is 6.54 Å². The van der Waals surface area contributed by atoms with Crippen molar-refractivity contribution < 1.29 is 17.6 Å². The fourth-order valence-corrected chi connectivity index (χ4v) is 3.45. The van der Waals surface area contributed by atoms with Crippen molar-refractivity contribution in [3.63, 3.8) is 0 Å². The third kappa shape index (κ3) is 6.88. The molecule has 1 fully saturated rings. The number of aromatic nitrogens is 1. The highest BCUT2D eigenvalue weighted by Gasteiger charge is 2.41. The number of nitrogens with zero attached hydrogens (tertiary/aromatic N) is 2. The summed E-state index contributed by atoms with van der Waals surface area (Å²) >= 11 is 0. The van der Waals surface area contributed by atoms with E-state index in [1.54, 1.807) is 6.26 Å². The molecule has 0 bridgehead atoms. The van der Waals surface area contributed by atoms with E-state index in [2.05, 4.69) is 20.6 Å². The summed E-state index contributed by atoms with van der Waals surface area (Å²) < 4.78 is 44.0. The summed E-state index contributed by atoms with van der Waals surface area (Å²) in [6, 6.07) is 7.90. The van der Waals surface area contributed by atoms with Crippen LogP contribution in [0.5, 0.6) is 0 Å². The lowest BCUT2D eigenvalue weighted by molar-refractivity contribution is -0.182. The SMILES string of the molecule is CCNC(=NCc1coc(-c2ccc(C)cc2)n1)NC1CCC(C(F)(F)F)CC1.I. The van der Waals surface area contributed by atoms with Gasteiger partial charge in [-0.3, -0.25) is 0 Å². The lowest BCUT2D eigenvalue weighted by Gasteiger charge is -2.31. The molecule has 3 rings (SSSR count). The molecule has 1 aromatic carbocycles. The van der Waals surface area contributed by atoms with E-state index < -0.39 is 12.1 Å². The Morgan fingerprint density at radius 3 is 2.43 bits per heavy atom. The number of aryl methyl sites for hydroxylation is 1. The largest absolute Gasteiger partial charge is 0.444 e. The van der Waals surface area contributed by atoms with Gasteiger partial charge in [0.1, 0.15) is 12.0 Å². The van der Waals surface area contributed by atoms with Crippen molar-refractivity contribution >= 4 is 29.9 Å². The molecule has 0 radical (unpaired) electrons. The highest BCUT2D eigenvalue weighted by atomic mass is 127. The summed E-state index contributed by atoms with van der Waals surface area (Å²) in [6.07, 6.45) is -1.23. The monoisotopic (exact) mass is 536 g/mol. The predicted molar refractivity (Wildman–Crippen MR) is 122 cm³/mol. The third-order valence-corrected chi connectivity index (χ3v) is 5.12. The summed E-state index contributed by atoms with van der Waals surface area (Å²) in [5.74, 6) is -0.0584. The van der Waals surface area contributed by atoms with Gasteiger partial charge >= 0.3 is 6.18 Å². The van der Waals surface area contributed by atoms with Gasteiger partial charge in [0.05, 0.1) is 12.5 Å². The van der Waals surface area contributed by atoms with Gasteiger partial charge < -0.3 is 15.1 Å². The van der Waals surface area contributed by atoms with Gasteiger partial charge in [-0.25, -0.2) is 9.98 Å². The van der Waals surface area contributed by atoms with E-state index in [1.165, 1.54) is 0 Å². The van der Waals surface area contributed by atoms with Gasteiger partial charge in [0.2, 0.25) is 5.89 Å². The van der Waals surface area contributed by atoms with Gasteiger partial charge in [-0.1, -0.05) is 17.7 Å². The van der Waals surface area contributed by atoms with E-state index in [0.717, 1.165) is 11.1 Å². The number of alkyl halides is 3. The number of benzene rings is 1. The van der Waals surface area contributed by atoms with Crippen molar-refractivity contribution in [1.29, 1.82) is 0 Å². The first kappa shape index (κ1) is 24.5. The van der Waals surface area contributed by atoms with Gasteiger partial charge in [-0.05, 0) is 51.7 Å². The molecule has 2 N–H and O–H groups in total. The standard InChI is InChI=1S/C21H27F3N4O.HI/c1-3-25-20(28-17-10-8-16(9-11-17)21(22,23)24)26-12-18-13-29-19(27-18)15-6-4-14(2)5-7-15;/h4-7,13,16-17H,3,8-12H2,1-2H3,(H2,25,26,28);1H. The molecule has 1 heterocycles. The van der Waals surface area contributed by atoms with Crippen LogP contribution in [0.1, 0.15) is 43.9 Å². The molecule has 0 saturated heterocycles. The first-order chi connectivity index (χ1) is 13.8. The van der Waals surface area contributed by atoms with Gasteiger partial charge in [-0.2, -0.15) is 13.2 Å². The Hall–Kier alpha value is -1.78. The van der Waals surface area contributed by atoms with Crippen molar-refractivity contribution in [3.05, 3.63) is 41.8 Å². The van der Waals surface area contributed by atoms with Crippen molar-refractivity contribution in [3.8, 4) is 11.5 Å². The second kappa shape index (κ2) is 11.0. The molecule has 0 amide bonds. The Morgan fingerprint density at radius 1 is 1.17 bits per heavy atom. The van der Waals surface area contributed by atoms with Crippen LogP contribution in [0.2, 0.25) is 0 Å². The average Bonchev–Trinajstić information content (AvgIpc) is 3.16. The zero-order valence-electron chi connectivity index (χ0n) is 17.1. The summed E-state index contributed by atoms with van der Waals surface area (Å²) in [4.78, 5) is 8.99. The zero-order valence-corrected chi connectivity index (χ0v) is 19.5. The Balaban J connectivity index is 0.00000320. The molecule has 1 aliphatic carbocycles. The number of aliphatic imine (C=N–C) groups is 1. The molecule has 1 saturated carbocycles. The second-order valence-corrected chi connectivity index (χ2v) is 7.44. The molecular formula is C21H28F3IN4O. The molecule has 2 aromatic rings. The first-order valence-electron chi connectivity index (χ1n) is 9.98. The second-order valence-electron chi connectivity index (χ2n) is 7.44. The van der Waals surface area contributed by atoms with E-state index in [4.69, 9.17) is 4.42 Å². The van der Waals surface area contributed by atoms with Gasteiger partial charge in [0.15, 0.2) is 5.96 Å². The molecule has 30 heavy (non-hydrogen) atoms. The number of guanidine groups is 1. The fraction of sp³-hybridized carbons (Fsp3) is 0.524. The van der Waals surface area contributed by atoms with Crippen LogP contribution in [0.4, 0.5) is 13.2 Å². The van der Waals surface area contributed by atoms with E-state index in [0.29, 0.717) is 43.5 Å². The minimum atomic E-state index is -4.09. The topological polar surface area (TPSA) is 62.5 Å². The maximum atomic E-state index is 12.8. The molecule has 166 valence electrons. The van der Waals surface area contributed by atoms with E-state index in [9.17, 15) is 13.2 Å². The van der Waals surface area contributed by atoms with Crippen LogP contribution in [0.15, 0.2) is 39.9 Å². The van der Waals surface area contributed by atoms with Crippen LogP contribution in [0.3, 0.4) is 0 Å². The number of rotatable bonds is 5. The van der Waals surface area contributed by atoms with Gasteiger partial charge in [-0.15, -0.1) is 24.0 Å². The van der Waals surface area contributed by atoms with Crippen LogP contribution in [0, 0.1) is 12.8 Å². The number of hydrogen-bond acceptors (Lipinski definition) is 3. The minimum absolute atomic E-state index is 0. The van der Waals surface area contributed by atoms with Crippen LogP contribution < -0.4 is 10.6 Å². The van der Waals surface area contributed by atoms with E-state index in [-0.39, 0.29) is 42.9 Å². The maximum absolute atomic E-state index is 12.8. The normalized spacial score (nSPS) is 19.8. The lowest BCUT2D eigenvalue weighted by atomic mass is 9.85. The maximum Gasteiger partial charge on any atom is 0.391 e. The zero-order chi connectivity index (χ0) is 20.9. The fourth-order valence-electron chi connectivity index (χ4n) is 3.45.